The van der Waals surface area contributed by atoms with E-state index in [4.69, 9.17) is 16.3 Å². The molecular formula is C16H15BrClNO. The summed E-state index contributed by atoms with van der Waals surface area (Å²) in [6.45, 7) is 2.89. The van der Waals surface area contributed by atoms with Crippen LogP contribution in [-0.2, 0) is 0 Å². The van der Waals surface area contributed by atoms with Gasteiger partial charge < -0.3 is 10.1 Å². The summed E-state index contributed by atoms with van der Waals surface area (Å²) in [5.41, 5.74) is 2.12. The van der Waals surface area contributed by atoms with Crippen molar-refractivity contribution in [2.75, 3.05) is 11.9 Å². The number of benzene rings is 2. The van der Waals surface area contributed by atoms with Gasteiger partial charge in [-0.25, -0.2) is 0 Å². The van der Waals surface area contributed by atoms with Gasteiger partial charge in [-0.05, 0) is 24.3 Å². The molecule has 0 bridgehead atoms. The summed E-state index contributed by atoms with van der Waals surface area (Å²) in [7, 11) is 0. The van der Waals surface area contributed by atoms with Crippen LogP contribution >= 0.6 is 27.5 Å². The maximum absolute atomic E-state index is 6.28. The molecule has 2 atom stereocenters. The van der Waals surface area contributed by atoms with Gasteiger partial charge in [-0.15, -0.1) is 0 Å². The van der Waals surface area contributed by atoms with Gasteiger partial charge in [0, 0.05) is 16.0 Å². The first-order valence-electron chi connectivity index (χ1n) is 6.58. The molecule has 0 radical (unpaired) electrons. The summed E-state index contributed by atoms with van der Waals surface area (Å²) >= 11 is 9.76. The van der Waals surface area contributed by atoms with Gasteiger partial charge in [-0.1, -0.05) is 52.7 Å². The third kappa shape index (κ3) is 2.65. The van der Waals surface area contributed by atoms with Crippen molar-refractivity contribution in [3.63, 3.8) is 0 Å². The Labute approximate surface area is 132 Å². The van der Waals surface area contributed by atoms with Crippen LogP contribution in [0.1, 0.15) is 18.5 Å². The number of halogens is 2. The molecule has 4 heteroatoms. The molecule has 104 valence electrons. The molecule has 2 nitrogen and oxygen atoms in total. The van der Waals surface area contributed by atoms with Crippen molar-refractivity contribution < 1.29 is 4.74 Å². The number of rotatable bonds is 2. The molecule has 1 aliphatic rings. The molecule has 0 saturated carbocycles. The van der Waals surface area contributed by atoms with Crippen molar-refractivity contribution in [2.24, 2.45) is 5.92 Å². The highest BCUT2D eigenvalue weighted by Crippen LogP contribution is 2.39. The molecule has 0 spiro atoms. The van der Waals surface area contributed by atoms with Gasteiger partial charge in [-0.3, -0.25) is 0 Å². The van der Waals surface area contributed by atoms with Gasteiger partial charge in [0.2, 0.25) is 0 Å². The highest BCUT2D eigenvalue weighted by molar-refractivity contribution is 9.10. The van der Waals surface area contributed by atoms with E-state index in [9.17, 15) is 0 Å². The van der Waals surface area contributed by atoms with Crippen LogP contribution in [0.15, 0.2) is 46.9 Å². The van der Waals surface area contributed by atoms with E-state index in [1.54, 1.807) is 0 Å². The second-order valence-corrected chi connectivity index (χ2v) is 6.40. The number of nitrogens with one attached hydrogen (secondary N) is 1. The Balaban J connectivity index is 1.95. The predicted octanol–water partition coefficient (Wildman–Crippen LogP) is 5.28. The van der Waals surface area contributed by atoms with Gasteiger partial charge in [-0.2, -0.15) is 0 Å². The van der Waals surface area contributed by atoms with E-state index in [1.165, 1.54) is 5.56 Å². The van der Waals surface area contributed by atoms with Gasteiger partial charge in [0.15, 0.2) is 0 Å². The Kier molecular flexibility index (Phi) is 3.90. The molecule has 1 N–H and O–H groups in total. The minimum absolute atomic E-state index is 0.201. The molecule has 0 aliphatic carbocycles. The van der Waals surface area contributed by atoms with Crippen molar-refractivity contribution in [2.45, 2.75) is 13.0 Å². The van der Waals surface area contributed by atoms with Crippen LogP contribution < -0.4 is 10.1 Å². The van der Waals surface area contributed by atoms with E-state index >= 15 is 0 Å². The first kappa shape index (κ1) is 13.8. The SMILES string of the molecule is CC1COc2ccccc2C1Nc1cc(Br)ccc1Cl. The van der Waals surface area contributed by atoms with Gasteiger partial charge >= 0.3 is 0 Å². The van der Waals surface area contributed by atoms with E-state index in [0.29, 0.717) is 12.5 Å². The van der Waals surface area contributed by atoms with Crippen molar-refractivity contribution in [3.8, 4) is 5.75 Å². The first-order valence-corrected chi connectivity index (χ1v) is 7.75. The number of hydrogen-bond acceptors (Lipinski definition) is 2. The van der Waals surface area contributed by atoms with Crippen LogP contribution in [0.5, 0.6) is 5.75 Å². The topological polar surface area (TPSA) is 21.3 Å². The molecule has 2 aromatic carbocycles. The molecule has 1 aliphatic heterocycles. The largest absolute Gasteiger partial charge is 0.493 e. The molecule has 0 amide bonds. The zero-order valence-electron chi connectivity index (χ0n) is 11.1. The van der Waals surface area contributed by atoms with Crippen molar-refractivity contribution in [3.05, 3.63) is 57.5 Å². The molecule has 2 aromatic rings. The predicted molar refractivity (Wildman–Crippen MR) is 86.6 cm³/mol. The lowest BCUT2D eigenvalue weighted by atomic mass is 9.92. The van der Waals surface area contributed by atoms with Gasteiger partial charge in [0.1, 0.15) is 5.75 Å². The fourth-order valence-corrected chi connectivity index (χ4v) is 3.02. The molecule has 2 unspecified atom stereocenters. The van der Waals surface area contributed by atoms with E-state index in [0.717, 1.165) is 20.9 Å². The monoisotopic (exact) mass is 351 g/mol. The second-order valence-electron chi connectivity index (χ2n) is 5.07. The molecule has 0 saturated heterocycles. The number of anilines is 1. The third-order valence-electron chi connectivity index (χ3n) is 3.56. The average molecular weight is 353 g/mol. The Morgan fingerprint density at radius 2 is 2.05 bits per heavy atom. The maximum Gasteiger partial charge on any atom is 0.124 e. The fourth-order valence-electron chi connectivity index (χ4n) is 2.49. The number of ether oxygens (including phenoxy) is 1. The van der Waals surface area contributed by atoms with Gasteiger partial charge in [0.05, 0.1) is 23.4 Å². The molecule has 20 heavy (non-hydrogen) atoms. The zero-order valence-corrected chi connectivity index (χ0v) is 13.4. The normalized spacial score (nSPS) is 20.9. The highest BCUT2D eigenvalue weighted by atomic mass is 79.9. The van der Waals surface area contributed by atoms with Gasteiger partial charge in [0.25, 0.3) is 0 Å². The van der Waals surface area contributed by atoms with E-state index < -0.39 is 0 Å². The Hall–Kier alpha value is -1.19. The lowest BCUT2D eigenvalue weighted by Crippen LogP contribution is -2.28. The quantitative estimate of drug-likeness (QED) is 0.793. The fraction of sp³-hybridized carbons (Fsp3) is 0.250. The summed E-state index contributed by atoms with van der Waals surface area (Å²) < 4.78 is 6.79. The number of para-hydroxylation sites is 1. The smallest absolute Gasteiger partial charge is 0.124 e. The highest BCUT2D eigenvalue weighted by Gasteiger charge is 2.27. The summed E-state index contributed by atoms with van der Waals surface area (Å²) in [5, 5.41) is 4.28. The zero-order chi connectivity index (χ0) is 14.1. The maximum atomic E-state index is 6.28. The lowest BCUT2D eigenvalue weighted by Gasteiger charge is -2.33. The van der Waals surface area contributed by atoms with E-state index in [2.05, 4.69) is 34.2 Å². The van der Waals surface area contributed by atoms with Crippen LogP contribution in [0.2, 0.25) is 5.02 Å². The summed E-state index contributed by atoms with van der Waals surface area (Å²) in [4.78, 5) is 0. The van der Waals surface area contributed by atoms with Crippen molar-refractivity contribution in [1.29, 1.82) is 0 Å². The first-order chi connectivity index (χ1) is 9.65. The van der Waals surface area contributed by atoms with E-state index in [-0.39, 0.29) is 6.04 Å². The van der Waals surface area contributed by atoms with E-state index in [1.807, 2.05) is 36.4 Å². The molecule has 0 aromatic heterocycles. The van der Waals surface area contributed by atoms with Crippen molar-refractivity contribution >= 4 is 33.2 Å². The average Bonchev–Trinajstić information content (AvgIpc) is 2.46. The Bertz CT molecular complexity index is 632. The van der Waals surface area contributed by atoms with Crippen molar-refractivity contribution in [1.82, 2.24) is 0 Å². The van der Waals surface area contributed by atoms with Crippen LogP contribution in [0.4, 0.5) is 5.69 Å². The third-order valence-corrected chi connectivity index (χ3v) is 4.39. The summed E-state index contributed by atoms with van der Waals surface area (Å²) in [5.74, 6) is 1.33. The minimum atomic E-state index is 0.201. The summed E-state index contributed by atoms with van der Waals surface area (Å²) in [6, 6.07) is 14.2. The standard InChI is InChI=1S/C16H15BrClNO/c1-10-9-20-15-5-3-2-4-12(15)16(10)19-14-8-11(17)6-7-13(14)18/h2-8,10,16,19H,9H2,1H3. The van der Waals surface area contributed by atoms with Crippen LogP contribution in [0, 0.1) is 5.92 Å². The Morgan fingerprint density at radius 1 is 1.25 bits per heavy atom. The number of hydrogen-bond donors (Lipinski definition) is 1. The molecular weight excluding hydrogens is 338 g/mol. The minimum Gasteiger partial charge on any atom is -0.493 e. The Morgan fingerprint density at radius 3 is 2.90 bits per heavy atom. The lowest BCUT2D eigenvalue weighted by molar-refractivity contribution is 0.214. The number of fused-ring (bicyclic) bond motifs is 1. The molecule has 0 fully saturated rings. The summed E-state index contributed by atoms with van der Waals surface area (Å²) in [6.07, 6.45) is 0. The van der Waals surface area contributed by atoms with Crippen LogP contribution in [0.3, 0.4) is 0 Å². The molecule has 1 heterocycles. The van der Waals surface area contributed by atoms with Crippen LogP contribution in [0.25, 0.3) is 0 Å². The van der Waals surface area contributed by atoms with Crippen LogP contribution in [-0.4, -0.2) is 6.61 Å². The molecule has 3 rings (SSSR count). The second kappa shape index (κ2) is 5.66.